The molecule has 11 amide bonds. The average molecular weight is 1280 g/mol. The van der Waals surface area contributed by atoms with Crippen LogP contribution in [0.1, 0.15) is 155 Å². The molecule has 0 aromatic heterocycles. The van der Waals surface area contributed by atoms with Crippen LogP contribution in [0.5, 0.6) is 0 Å². The fourth-order valence-corrected chi connectivity index (χ4v) is 11.6. The zero-order chi connectivity index (χ0) is 69.8. The van der Waals surface area contributed by atoms with Gasteiger partial charge in [-0.15, -0.1) is 0 Å². The Morgan fingerprint density at radius 1 is 0.484 bits per heavy atom. The smallest absolute Gasteiger partial charge is 0.246 e. The van der Waals surface area contributed by atoms with Gasteiger partial charge in [0.2, 0.25) is 65.0 Å². The Kier molecular flexibility index (Phi) is 32.6. The first-order valence-corrected chi connectivity index (χ1v) is 32.7. The summed E-state index contributed by atoms with van der Waals surface area (Å²) in [6.45, 7) is 28.0. The van der Waals surface area contributed by atoms with Gasteiger partial charge in [0.1, 0.15) is 60.4 Å². The van der Waals surface area contributed by atoms with E-state index < -0.39 is 156 Å². The molecular weight excluding hydrogens is 1160 g/mol. The highest BCUT2D eigenvalue weighted by atomic mass is 16.3. The van der Waals surface area contributed by atoms with E-state index in [9.17, 15) is 43.5 Å². The molecule has 91 heavy (non-hydrogen) atoms. The monoisotopic (exact) mass is 1280 g/mol. The first kappa shape index (κ1) is 80.2. The van der Waals surface area contributed by atoms with Crippen molar-refractivity contribution in [2.24, 2.45) is 41.4 Å². The second-order valence-corrected chi connectivity index (χ2v) is 27.6. The lowest BCUT2D eigenvalue weighted by atomic mass is 9.91. The van der Waals surface area contributed by atoms with Crippen LogP contribution in [0.25, 0.3) is 0 Å². The van der Waals surface area contributed by atoms with Gasteiger partial charge in [0.25, 0.3) is 0 Å². The van der Waals surface area contributed by atoms with Crippen LogP contribution in [0.15, 0.2) is 42.5 Å². The Morgan fingerprint density at radius 3 is 1.43 bits per heavy atom. The number of rotatable bonds is 17. The number of carbonyl (C=O) groups excluding carboxylic acids is 11. The highest BCUT2D eigenvalue weighted by Crippen LogP contribution is 2.26. The van der Waals surface area contributed by atoms with Gasteiger partial charge in [-0.25, -0.2) is 0 Å². The van der Waals surface area contributed by atoms with E-state index >= 15 is 14.4 Å². The molecule has 2 rings (SSSR count). The summed E-state index contributed by atoms with van der Waals surface area (Å²) in [4.78, 5) is 171. The van der Waals surface area contributed by atoms with Gasteiger partial charge in [0.05, 0.1) is 12.6 Å². The molecule has 514 valence electrons. The van der Waals surface area contributed by atoms with E-state index in [-0.39, 0.29) is 62.2 Å². The number of aliphatic hydroxyl groups excluding tert-OH is 1. The number of nitrogens with one attached hydrogen (secondary N) is 4. The van der Waals surface area contributed by atoms with Crippen LogP contribution in [0.2, 0.25) is 0 Å². The van der Waals surface area contributed by atoms with E-state index in [0.29, 0.717) is 12.0 Å². The number of allylic oxidation sites excluding steroid dienone is 2. The molecule has 0 unspecified atom stereocenters. The summed E-state index contributed by atoms with van der Waals surface area (Å²) in [5, 5.41) is 23.5. The minimum atomic E-state index is -1.62. The lowest BCUT2D eigenvalue weighted by molar-refractivity contribution is -0.157. The maximum absolute atomic E-state index is 15.2. The van der Waals surface area contributed by atoms with E-state index in [2.05, 4.69) is 21.3 Å². The van der Waals surface area contributed by atoms with Gasteiger partial charge in [0.15, 0.2) is 0 Å². The molecule has 1 aliphatic heterocycles. The molecule has 0 spiro atoms. The Balaban J connectivity index is 3.06. The Bertz CT molecular complexity index is 2650. The minimum absolute atomic E-state index is 0.00914. The molecule has 5 N–H and O–H groups in total. The molecule has 23 nitrogen and oxygen atoms in total. The number of aliphatic hydroxyl groups is 1. The molecule has 1 aliphatic rings. The molecule has 1 fully saturated rings. The quantitative estimate of drug-likeness (QED) is 0.135. The summed E-state index contributed by atoms with van der Waals surface area (Å²) < 4.78 is 0. The van der Waals surface area contributed by atoms with Crippen LogP contribution in [0, 0.1) is 41.4 Å². The number of hydrogen-bond donors (Lipinski definition) is 5. The molecule has 1 aromatic rings. The zero-order valence-electron chi connectivity index (χ0n) is 59.2. The largest absolute Gasteiger partial charge is 0.390 e. The van der Waals surface area contributed by atoms with Crippen LogP contribution in [0.4, 0.5) is 0 Å². The molecule has 0 saturated carbocycles. The maximum Gasteiger partial charge on any atom is 0.246 e. The van der Waals surface area contributed by atoms with Crippen molar-refractivity contribution in [3.8, 4) is 0 Å². The number of hydrogen-bond acceptors (Lipinski definition) is 12. The van der Waals surface area contributed by atoms with Crippen molar-refractivity contribution in [1.82, 2.24) is 55.6 Å². The molecule has 12 atom stereocenters. The number of carbonyl (C=O) groups is 11. The predicted octanol–water partition coefficient (Wildman–Crippen LogP) is 4.49. The van der Waals surface area contributed by atoms with Crippen molar-refractivity contribution in [3.05, 3.63) is 48.0 Å². The van der Waals surface area contributed by atoms with Crippen molar-refractivity contribution in [2.75, 3.05) is 55.9 Å². The Hall–Kier alpha value is -6.91. The molecule has 0 radical (unpaired) electrons. The number of likely N-dealkylation sites (N-methyl/N-ethyl adjacent to an activating group) is 7. The molecule has 1 heterocycles. The topological polar surface area (TPSA) is 279 Å². The van der Waals surface area contributed by atoms with Gasteiger partial charge in [-0.2, -0.15) is 0 Å². The van der Waals surface area contributed by atoms with E-state index in [1.807, 2.05) is 61.5 Å². The molecular formula is C68H115N11O12. The first-order chi connectivity index (χ1) is 42.3. The van der Waals surface area contributed by atoms with E-state index in [4.69, 9.17) is 0 Å². The average Bonchev–Trinajstić information content (AvgIpc) is 1.60. The highest BCUT2D eigenvalue weighted by Gasteiger charge is 2.46. The van der Waals surface area contributed by atoms with E-state index in [1.54, 1.807) is 84.9 Å². The van der Waals surface area contributed by atoms with Gasteiger partial charge in [-0.05, 0) is 99.4 Å². The SMILES string of the molecule is C/C=C/C[C@@H](C)[C@@H](O)[C@H]1C(=O)N[C@@H](CC)C(=O)N(C)CC(=O)N(C)[C@@H](Cc2ccccc2)C(=O)N[C@@H](C(C)C)C(=O)N(C)[C@@H](CC(C)C)C(=O)N[C@@H](CC(C)C)C(=O)N[C@H](C)C(=O)N(C)[C@@H](CC(C)C)C(=O)N(C)[C@@H](CC(C)C)C(=O)N(C)[C@@H](C(C)C)C(=O)N1C. The lowest BCUT2D eigenvalue weighted by Crippen LogP contribution is -2.63. The second kappa shape index (κ2) is 37.0. The van der Waals surface area contributed by atoms with Crippen molar-refractivity contribution < 1.29 is 57.8 Å². The fraction of sp³-hybridized carbons (Fsp3) is 0.721. The summed E-state index contributed by atoms with van der Waals surface area (Å²) in [6.07, 6.45) is 2.96. The second-order valence-electron chi connectivity index (χ2n) is 27.6. The number of benzene rings is 1. The van der Waals surface area contributed by atoms with Crippen LogP contribution in [-0.4, -0.2) is 227 Å². The fourth-order valence-electron chi connectivity index (χ4n) is 11.6. The van der Waals surface area contributed by atoms with Gasteiger partial charge >= 0.3 is 0 Å². The summed E-state index contributed by atoms with van der Waals surface area (Å²) in [5.74, 6) is -9.86. The zero-order valence-corrected chi connectivity index (χ0v) is 59.2. The first-order valence-electron chi connectivity index (χ1n) is 32.7. The molecule has 1 aromatic carbocycles. The van der Waals surface area contributed by atoms with Gasteiger partial charge in [0, 0.05) is 55.8 Å². The Labute approximate surface area is 543 Å². The van der Waals surface area contributed by atoms with E-state index in [0.717, 1.165) is 9.80 Å². The lowest BCUT2D eigenvalue weighted by Gasteiger charge is -2.41. The maximum atomic E-state index is 15.2. The van der Waals surface area contributed by atoms with Gasteiger partial charge < -0.3 is 60.7 Å². The standard InChI is InChI=1S/C68H115N11O12/c1-24-26-30-45(15)58(81)57-62(85)70-48(25-2)64(87)73(17)38-54(80)74(18)51(37-47-31-28-27-29-32-47)61(84)72-55(43(11)12)67(90)75(19)50(34-40(5)6)60(83)71-49(33-39(3)4)59(82)69-46(16)63(86)76(20)52(35-41(7)8)65(88)77(21)53(36-42(9)10)66(89)78(22)56(44(13)14)68(91)79(57)23/h24,26-29,31-32,39-46,48-53,55-58,81H,25,30,33-38H2,1-23H3,(H,69,82)(H,70,85)(H,71,83)(H,72,84)/b26-24+/t45-,46-,48+,49+,50+,51+,52+,53+,55+,56+,57+,58-/m1/s1. The summed E-state index contributed by atoms with van der Waals surface area (Å²) in [7, 11) is 9.95. The van der Waals surface area contributed by atoms with Crippen LogP contribution in [-0.2, 0) is 59.2 Å². The molecule has 23 heteroatoms. The molecule has 0 bridgehead atoms. The van der Waals surface area contributed by atoms with Crippen molar-refractivity contribution >= 4 is 65.0 Å². The number of nitrogens with zero attached hydrogens (tertiary/aromatic N) is 7. The Morgan fingerprint density at radius 2 is 0.945 bits per heavy atom. The normalized spacial score (nSPS) is 25.9. The number of amides is 11. The highest BCUT2D eigenvalue weighted by molar-refractivity contribution is 5.99. The minimum Gasteiger partial charge on any atom is -0.390 e. The van der Waals surface area contributed by atoms with Crippen LogP contribution < -0.4 is 21.3 Å². The van der Waals surface area contributed by atoms with Crippen LogP contribution in [0.3, 0.4) is 0 Å². The van der Waals surface area contributed by atoms with Gasteiger partial charge in [-0.1, -0.05) is 139 Å². The van der Waals surface area contributed by atoms with Crippen molar-refractivity contribution in [1.29, 1.82) is 0 Å². The van der Waals surface area contributed by atoms with Gasteiger partial charge in [-0.3, -0.25) is 52.7 Å². The molecule has 1 saturated heterocycles. The predicted molar refractivity (Wildman–Crippen MR) is 353 cm³/mol. The van der Waals surface area contributed by atoms with E-state index in [1.165, 1.54) is 80.8 Å². The summed E-state index contributed by atoms with van der Waals surface area (Å²) in [6, 6.07) is -3.65. The third kappa shape index (κ3) is 22.7. The molecule has 0 aliphatic carbocycles. The third-order valence-corrected chi connectivity index (χ3v) is 17.2. The summed E-state index contributed by atoms with van der Waals surface area (Å²) >= 11 is 0. The van der Waals surface area contributed by atoms with Crippen molar-refractivity contribution in [2.45, 2.75) is 222 Å². The van der Waals surface area contributed by atoms with Crippen LogP contribution >= 0.6 is 0 Å². The summed E-state index contributed by atoms with van der Waals surface area (Å²) in [5.41, 5.74) is 0.676. The van der Waals surface area contributed by atoms with Crippen molar-refractivity contribution in [3.63, 3.8) is 0 Å². The third-order valence-electron chi connectivity index (χ3n) is 17.2.